The molecule has 0 aliphatic rings. The van der Waals surface area contributed by atoms with Crippen molar-refractivity contribution in [3.63, 3.8) is 0 Å². The van der Waals surface area contributed by atoms with Crippen LogP contribution in [-0.4, -0.2) is 13.0 Å². The lowest BCUT2D eigenvalue weighted by molar-refractivity contribution is 0.156. The van der Waals surface area contributed by atoms with E-state index in [4.69, 9.17) is 4.65 Å². The molecule has 170 valence electrons. The first-order valence-corrected chi connectivity index (χ1v) is 12.3. The van der Waals surface area contributed by atoms with Crippen LogP contribution in [0, 0.1) is 17.3 Å². The molecular weight excluding hydrogens is 375 g/mol. The summed E-state index contributed by atoms with van der Waals surface area (Å²) in [5.74, 6) is 1.61. The van der Waals surface area contributed by atoms with Crippen molar-refractivity contribution in [2.24, 2.45) is 17.3 Å². The van der Waals surface area contributed by atoms with Crippen LogP contribution in [-0.2, 0) is 4.65 Å². The van der Waals surface area contributed by atoms with Crippen molar-refractivity contribution >= 4 is 12.4 Å². The fraction of sp³-hybridized carbons (Fsp3) is 0.586. The Hall–Kier alpha value is -1.54. The molecule has 0 aromatic heterocycles. The highest BCUT2D eigenvalue weighted by atomic mass is 16.4. The first-order valence-electron chi connectivity index (χ1n) is 12.3. The van der Waals surface area contributed by atoms with Crippen LogP contribution in [0.3, 0.4) is 0 Å². The molecule has 0 fully saturated rings. The summed E-state index contributed by atoms with van der Waals surface area (Å²) in [5, 5.41) is -0.0301. The lowest BCUT2D eigenvalue weighted by atomic mass is 9.38. The summed E-state index contributed by atoms with van der Waals surface area (Å²) in [6.45, 7) is 21.3. The highest BCUT2D eigenvalue weighted by Crippen LogP contribution is 2.51. The summed E-state index contributed by atoms with van der Waals surface area (Å²) in [6, 6.07) is 22.0. The van der Waals surface area contributed by atoms with Crippen molar-refractivity contribution in [1.82, 2.24) is 0 Å². The topological polar surface area (TPSA) is 9.23 Å². The molecule has 2 aromatic rings. The maximum atomic E-state index is 6.61. The largest absolute Gasteiger partial charge is 0.428 e. The standard InChI is InChI=1S/C29H45BO/c1-10-23(4)28(6,7)21-27(25-17-13-11-14-18-25)24(5)29(8,9)30(31-22(2)3)26-19-15-12-16-20-26/h11-20,22-24,27H,10,21H2,1-9H3. The molecular formula is C29H45BO. The predicted molar refractivity (Wildman–Crippen MR) is 138 cm³/mol. The van der Waals surface area contributed by atoms with Gasteiger partial charge in [0.25, 0.3) is 0 Å². The van der Waals surface area contributed by atoms with E-state index in [1.54, 1.807) is 0 Å². The molecule has 0 N–H and O–H groups in total. The fourth-order valence-corrected chi connectivity index (χ4v) is 4.94. The predicted octanol–water partition coefficient (Wildman–Crippen LogP) is 7.97. The van der Waals surface area contributed by atoms with Gasteiger partial charge in [-0.25, -0.2) is 0 Å². The van der Waals surface area contributed by atoms with Gasteiger partial charge in [-0.3, -0.25) is 0 Å². The second-order valence-corrected chi connectivity index (χ2v) is 11.1. The van der Waals surface area contributed by atoms with E-state index in [-0.39, 0.29) is 23.7 Å². The average molecular weight is 420 g/mol. The van der Waals surface area contributed by atoms with Crippen molar-refractivity contribution in [3.05, 3.63) is 66.2 Å². The summed E-state index contributed by atoms with van der Waals surface area (Å²) < 4.78 is 6.61. The molecule has 0 bridgehead atoms. The van der Waals surface area contributed by atoms with Gasteiger partial charge < -0.3 is 4.65 Å². The van der Waals surface area contributed by atoms with E-state index in [1.165, 1.54) is 23.9 Å². The zero-order valence-corrected chi connectivity index (χ0v) is 21.5. The molecule has 3 atom stereocenters. The molecule has 2 heteroatoms. The summed E-state index contributed by atoms with van der Waals surface area (Å²) in [7, 11) is 0. The molecule has 2 rings (SSSR count). The minimum Gasteiger partial charge on any atom is -0.428 e. The molecule has 2 aromatic carbocycles. The van der Waals surface area contributed by atoms with Crippen LogP contribution in [0.5, 0.6) is 0 Å². The van der Waals surface area contributed by atoms with Crippen LogP contribution in [0.2, 0.25) is 5.31 Å². The Morgan fingerprint density at radius 3 is 1.81 bits per heavy atom. The van der Waals surface area contributed by atoms with Gasteiger partial charge in [0.2, 0.25) is 0 Å². The van der Waals surface area contributed by atoms with Gasteiger partial charge >= 0.3 is 6.92 Å². The molecule has 0 spiro atoms. The van der Waals surface area contributed by atoms with Crippen LogP contribution in [0.15, 0.2) is 60.7 Å². The van der Waals surface area contributed by atoms with Crippen LogP contribution < -0.4 is 5.46 Å². The van der Waals surface area contributed by atoms with Crippen molar-refractivity contribution in [1.29, 1.82) is 0 Å². The quantitative estimate of drug-likeness (QED) is 0.335. The maximum Gasteiger partial charge on any atom is 0.333 e. The van der Waals surface area contributed by atoms with Crippen LogP contribution in [0.4, 0.5) is 0 Å². The third-order valence-corrected chi connectivity index (χ3v) is 7.88. The number of hydrogen-bond donors (Lipinski definition) is 0. The van der Waals surface area contributed by atoms with E-state index in [9.17, 15) is 0 Å². The van der Waals surface area contributed by atoms with Crippen molar-refractivity contribution in [2.75, 3.05) is 0 Å². The van der Waals surface area contributed by atoms with Gasteiger partial charge in [-0.1, -0.05) is 116 Å². The highest BCUT2D eigenvalue weighted by Gasteiger charge is 2.45. The normalized spacial score (nSPS) is 15.5. The summed E-state index contributed by atoms with van der Waals surface area (Å²) >= 11 is 0. The van der Waals surface area contributed by atoms with Crippen molar-refractivity contribution in [2.45, 2.75) is 92.5 Å². The third kappa shape index (κ3) is 6.48. The Balaban J connectivity index is 2.48. The first kappa shape index (κ1) is 25.7. The second kappa shape index (κ2) is 10.9. The third-order valence-electron chi connectivity index (χ3n) is 7.88. The van der Waals surface area contributed by atoms with Gasteiger partial charge in [-0.15, -0.1) is 0 Å². The van der Waals surface area contributed by atoms with E-state index >= 15 is 0 Å². The van der Waals surface area contributed by atoms with E-state index in [1.807, 2.05) is 0 Å². The molecule has 0 radical (unpaired) electrons. The highest BCUT2D eigenvalue weighted by molar-refractivity contribution is 6.70. The number of benzene rings is 2. The first-order chi connectivity index (χ1) is 14.5. The lowest BCUT2D eigenvalue weighted by Crippen LogP contribution is -2.48. The smallest absolute Gasteiger partial charge is 0.333 e. The molecule has 0 saturated carbocycles. The Bertz CT molecular complexity index is 766. The molecule has 0 heterocycles. The van der Waals surface area contributed by atoms with Gasteiger partial charge in [-0.05, 0) is 59.8 Å². The Kier molecular flexibility index (Phi) is 9.01. The van der Waals surface area contributed by atoms with E-state index in [2.05, 4.69) is 123 Å². The maximum absolute atomic E-state index is 6.61. The van der Waals surface area contributed by atoms with Gasteiger partial charge in [0.15, 0.2) is 0 Å². The Morgan fingerprint density at radius 2 is 1.32 bits per heavy atom. The molecule has 31 heavy (non-hydrogen) atoms. The molecule has 0 aliphatic carbocycles. The van der Waals surface area contributed by atoms with E-state index in [0.29, 0.717) is 17.8 Å². The van der Waals surface area contributed by atoms with Crippen LogP contribution in [0.25, 0.3) is 0 Å². The zero-order chi connectivity index (χ0) is 23.2. The zero-order valence-electron chi connectivity index (χ0n) is 21.5. The lowest BCUT2D eigenvalue weighted by Gasteiger charge is -2.45. The fourth-order valence-electron chi connectivity index (χ4n) is 4.94. The molecule has 1 nitrogen and oxygen atoms in total. The van der Waals surface area contributed by atoms with Crippen molar-refractivity contribution in [3.8, 4) is 0 Å². The van der Waals surface area contributed by atoms with Gasteiger partial charge in [0, 0.05) is 6.10 Å². The second-order valence-electron chi connectivity index (χ2n) is 11.1. The SMILES string of the molecule is CCC(C)C(C)(C)CC(c1ccccc1)C(C)C(C)(C)B(OC(C)C)c1ccccc1. The van der Waals surface area contributed by atoms with Gasteiger partial charge in [-0.2, -0.15) is 0 Å². The molecule has 0 amide bonds. The minimum absolute atomic E-state index is 0.0301. The van der Waals surface area contributed by atoms with E-state index in [0.717, 1.165) is 0 Å². The molecule has 0 saturated heterocycles. The van der Waals surface area contributed by atoms with E-state index < -0.39 is 0 Å². The van der Waals surface area contributed by atoms with Crippen LogP contribution >= 0.6 is 0 Å². The van der Waals surface area contributed by atoms with Crippen molar-refractivity contribution < 1.29 is 4.65 Å². The number of rotatable bonds is 11. The minimum atomic E-state index is -0.0301. The Labute approximate surface area is 193 Å². The van der Waals surface area contributed by atoms with Gasteiger partial charge in [0.1, 0.15) is 0 Å². The number of hydrogen-bond acceptors (Lipinski definition) is 1. The molecule has 0 aliphatic heterocycles. The molecule has 3 unspecified atom stereocenters. The monoisotopic (exact) mass is 420 g/mol. The Morgan fingerprint density at radius 1 is 0.806 bits per heavy atom. The summed E-state index contributed by atoms with van der Waals surface area (Å²) in [6.07, 6.45) is 2.58. The summed E-state index contributed by atoms with van der Waals surface area (Å²) in [4.78, 5) is 0. The summed E-state index contributed by atoms with van der Waals surface area (Å²) in [5.41, 5.74) is 3.01. The average Bonchev–Trinajstić information content (AvgIpc) is 2.75. The van der Waals surface area contributed by atoms with Crippen LogP contribution in [0.1, 0.15) is 86.6 Å². The van der Waals surface area contributed by atoms with Gasteiger partial charge in [0.05, 0.1) is 0 Å².